The molecule has 2 rings (SSSR count). The summed E-state index contributed by atoms with van der Waals surface area (Å²) in [5.41, 5.74) is 8.49. The van der Waals surface area contributed by atoms with Crippen molar-refractivity contribution in [3.05, 3.63) is 29.8 Å². The Kier molecular flexibility index (Phi) is 4.57. The minimum Gasteiger partial charge on any atom is -0.370 e. The maximum atomic E-state index is 5.71. The molecule has 3 heteroatoms. The number of hydrogen-bond donors (Lipinski definition) is 1. The van der Waals surface area contributed by atoms with Crippen LogP contribution in [0.5, 0.6) is 0 Å². The van der Waals surface area contributed by atoms with Crippen molar-refractivity contribution in [2.24, 2.45) is 5.73 Å². The van der Waals surface area contributed by atoms with E-state index < -0.39 is 0 Å². The van der Waals surface area contributed by atoms with Crippen molar-refractivity contribution in [1.82, 2.24) is 0 Å². The van der Waals surface area contributed by atoms with Crippen molar-refractivity contribution < 1.29 is 0 Å². The van der Waals surface area contributed by atoms with Crippen LogP contribution >= 0.6 is 11.8 Å². The standard InChI is InChI=1S/C15H24N2S/c1-15(2)8-10-17(11-12-18-15)14-6-4-3-5-13(14)7-9-16/h3-6H,7-12,16H2,1-2H3. The van der Waals surface area contributed by atoms with Gasteiger partial charge in [-0.25, -0.2) is 0 Å². The van der Waals surface area contributed by atoms with Gasteiger partial charge in [0.15, 0.2) is 0 Å². The van der Waals surface area contributed by atoms with Gasteiger partial charge in [-0.1, -0.05) is 32.0 Å². The van der Waals surface area contributed by atoms with Gasteiger partial charge < -0.3 is 10.6 Å². The van der Waals surface area contributed by atoms with E-state index in [9.17, 15) is 0 Å². The molecule has 100 valence electrons. The number of anilines is 1. The lowest BCUT2D eigenvalue weighted by molar-refractivity contribution is 0.636. The largest absolute Gasteiger partial charge is 0.370 e. The lowest BCUT2D eigenvalue weighted by atomic mass is 10.1. The van der Waals surface area contributed by atoms with Gasteiger partial charge in [-0.05, 0) is 31.0 Å². The van der Waals surface area contributed by atoms with Crippen LogP contribution < -0.4 is 10.6 Å². The highest BCUT2D eigenvalue weighted by Gasteiger charge is 2.24. The number of benzene rings is 1. The zero-order valence-corrected chi connectivity index (χ0v) is 12.3. The third-order valence-electron chi connectivity index (χ3n) is 3.58. The molecule has 0 bridgehead atoms. The summed E-state index contributed by atoms with van der Waals surface area (Å²) in [5, 5.41) is 0. The van der Waals surface area contributed by atoms with Gasteiger partial charge in [-0.3, -0.25) is 0 Å². The van der Waals surface area contributed by atoms with Crippen molar-refractivity contribution in [3.63, 3.8) is 0 Å². The first-order valence-corrected chi connectivity index (χ1v) is 7.78. The molecule has 1 fully saturated rings. The van der Waals surface area contributed by atoms with Gasteiger partial charge in [0.2, 0.25) is 0 Å². The van der Waals surface area contributed by atoms with Gasteiger partial charge in [0.1, 0.15) is 0 Å². The Labute approximate surface area is 115 Å². The van der Waals surface area contributed by atoms with Crippen molar-refractivity contribution in [3.8, 4) is 0 Å². The fourth-order valence-electron chi connectivity index (χ4n) is 2.45. The molecule has 1 aliphatic heterocycles. The summed E-state index contributed by atoms with van der Waals surface area (Å²) in [7, 11) is 0. The summed E-state index contributed by atoms with van der Waals surface area (Å²) in [6.45, 7) is 7.74. The highest BCUT2D eigenvalue weighted by atomic mass is 32.2. The van der Waals surface area contributed by atoms with E-state index in [2.05, 4.69) is 54.8 Å². The fraction of sp³-hybridized carbons (Fsp3) is 0.600. The maximum Gasteiger partial charge on any atom is 0.0399 e. The van der Waals surface area contributed by atoms with Crippen LogP contribution in [0.2, 0.25) is 0 Å². The van der Waals surface area contributed by atoms with Gasteiger partial charge in [-0.2, -0.15) is 11.8 Å². The Morgan fingerprint density at radius 3 is 2.83 bits per heavy atom. The van der Waals surface area contributed by atoms with Crippen LogP contribution in [0, 0.1) is 0 Å². The Hall–Kier alpha value is -0.670. The zero-order chi connectivity index (χ0) is 13.0. The van der Waals surface area contributed by atoms with Gasteiger partial charge in [-0.15, -0.1) is 0 Å². The average molecular weight is 264 g/mol. The zero-order valence-electron chi connectivity index (χ0n) is 11.5. The number of para-hydroxylation sites is 1. The Morgan fingerprint density at radius 1 is 1.28 bits per heavy atom. The van der Waals surface area contributed by atoms with Crippen LogP contribution in [0.4, 0.5) is 5.69 Å². The second-order valence-electron chi connectivity index (χ2n) is 5.51. The second kappa shape index (κ2) is 5.98. The normalized spacial score (nSPS) is 19.6. The SMILES string of the molecule is CC1(C)CCN(c2ccccc2CCN)CCS1. The first-order valence-electron chi connectivity index (χ1n) is 6.79. The quantitative estimate of drug-likeness (QED) is 0.910. The van der Waals surface area contributed by atoms with E-state index in [1.807, 2.05) is 0 Å². The van der Waals surface area contributed by atoms with E-state index in [0.717, 1.165) is 26.1 Å². The molecule has 0 aliphatic carbocycles. The molecule has 1 aromatic rings. The molecule has 1 aliphatic rings. The summed E-state index contributed by atoms with van der Waals surface area (Å²) in [4.78, 5) is 2.53. The molecular weight excluding hydrogens is 240 g/mol. The van der Waals surface area contributed by atoms with Crippen LogP contribution in [0.25, 0.3) is 0 Å². The summed E-state index contributed by atoms with van der Waals surface area (Å²) in [6.07, 6.45) is 2.22. The Bertz CT molecular complexity index is 390. The molecule has 0 spiro atoms. The molecule has 0 radical (unpaired) electrons. The summed E-state index contributed by atoms with van der Waals surface area (Å²) >= 11 is 2.09. The van der Waals surface area contributed by atoms with E-state index >= 15 is 0 Å². The molecule has 1 saturated heterocycles. The van der Waals surface area contributed by atoms with Crippen molar-refractivity contribution in [1.29, 1.82) is 0 Å². The molecule has 2 nitrogen and oxygen atoms in total. The third-order valence-corrected chi connectivity index (χ3v) is 4.96. The van der Waals surface area contributed by atoms with E-state index in [0.29, 0.717) is 4.75 Å². The van der Waals surface area contributed by atoms with Crippen molar-refractivity contribution in [2.75, 3.05) is 30.3 Å². The third kappa shape index (κ3) is 3.42. The van der Waals surface area contributed by atoms with Crippen LogP contribution in [-0.4, -0.2) is 30.1 Å². The molecule has 0 unspecified atom stereocenters. The van der Waals surface area contributed by atoms with Crippen LogP contribution in [-0.2, 0) is 6.42 Å². The lowest BCUT2D eigenvalue weighted by Gasteiger charge is -2.26. The molecule has 0 atom stereocenters. The molecule has 18 heavy (non-hydrogen) atoms. The van der Waals surface area contributed by atoms with Gasteiger partial charge in [0.05, 0.1) is 0 Å². The summed E-state index contributed by atoms with van der Waals surface area (Å²) < 4.78 is 0.414. The number of nitrogens with zero attached hydrogens (tertiary/aromatic N) is 1. The first kappa shape index (κ1) is 13.8. The topological polar surface area (TPSA) is 29.3 Å². The number of thioether (sulfide) groups is 1. The van der Waals surface area contributed by atoms with Crippen molar-refractivity contribution in [2.45, 2.75) is 31.4 Å². The molecule has 0 aromatic heterocycles. The van der Waals surface area contributed by atoms with Gasteiger partial charge in [0.25, 0.3) is 0 Å². The van der Waals surface area contributed by atoms with E-state index in [-0.39, 0.29) is 0 Å². The second-order valence-corrected chi connectivity index (χ2v) is 7.31. The van der Waals surface area contributed by atoms with Crippen molar-refractivity contribution >= 4 is 17.4 Å². The van der Waals surface area contributed by atoms with Crippen LogP contribution in [0.3, 0.4) is 0 Å². The predicted octanol–water partition coefficient (Wildman–Crippen LogP) is 2.91. The Balaban J connectivity index is 2.15. The molecule has 1 aromatic carbocycles. The molecular formula is C15H24N2S. The highest BCUT2D eigenvalue weighted by molar-refractivity contribution is 8.00. The number of hydrogen-bond acceptors (Lipinski definition) is 3. The van der Waals surface area contributed by atoms with E-state index in [4.69, 9.17) is 5.73 Å². The van der Waals surface area contributed by atoms with Gasteiger partial charge >= 0.3 is 0 Å². The van der Waals surface area contributed by atoms with Crippen LogP contribution in [0.15, 0.2) is 24.3 Å². The molecule has 0 amide bonds. The molecule has 2 N–H and O–H groups in total. The monoisotopic (exact) mass is 264 g/mol. The molecule has 0 saturated carbocycles. The lowest BCUT2D eigenvalue weighted by Crippen LogP contribution is -2.28. The minimum absolute atomic E-state index is 0.414. The number of nitrogens with two attached hydrogens (primary N) is 1. The smallest absolute Gasteiger partial charge is 0.0399 e. The number of rotatable bonds is 3. The summed E-state index contributed by atoms with van der Waals surface area (Å²) in [5.74, 6) is 1.21. The summed E-state index contributed by atoms with van der Waals surface area (Å²) in [6, 6.07) is 8.71. The van der Waals surface area contributed by atoms with Gasteiger partial charge in [0, 0.05) is 29.3 Å². The maximum absolute atomic E-state index is 5.71. The van der Waals surface area contributed by atoms with E-state index in [1.165, 1.54) is 23.4 Å². The Morgan fingerprint density at radius 2 is 2.06 bits per heavy atom. The first-order chi connectivity index (χ1) is 8.62. The average Bonchev–Trinajstić information content (AvgIpc) is 2.52. The van der Waals surface area contributed by atoms with Crippen LogP contribution in [0.1, 0.15) is 25.8 Å². The fourth-order valence-corrected chi connectivity index (χ4v) is 3.55. The molecule has 1 heterocycles. The minimum atomic E-state index is 0.414. The highest BCUT2D eigenvalue weighted by Crippen LogP contribution is 2.33. The predicted molar refractivity (Wildman–Crippen MR) is 82.6 cm³/mol. The van der Waals surface area contributed by atoms with E-state index in [1.54, 1.807) is 0 Å².